The van der Waals surface area contributed by atoms with Crippen LogP contribution in [0.2, 0.25) is 0 Å². The molecule has 0 aromatic heterocycles. The Balaban J connectivity index is 2.64. The monoisotopic (exact) mass is 255 g/mol. The van der Waals surface area contributed by atoms with Gasteiger partial charge in [0, 0.05) is 32.1 Å². The van der Waals surface area contributed by atoms with Gasteiger partial charge in [0.15, 0.2) is 11.6 Å². The molecule has 0 aliphatic rings. The molecule has 0 radical (unpaired) electrons. The van der Waals surface area contributed by atoms with Crippen LogP contribution in [0.3, 0.4) is 0 Å². The molecular formula is C12H18FN3O2. The maximum absolute atomic E-state index is 13.4. The van der Waals surface area contributed by atoms with E-state index in [1.165, 1.54) is 19.1 Å². The summed E-state index contributed by atoms with van der Waals surface area (Å²) < 4.78 is 18.6. The summed E-state index contributed by atoms with van der Waals surface area (Å²) in [6.07, 6.45) is 0. The van der Waals surface area contributed by atoms with Crippen LogP contribution in [-0.2, 0) is 4.79 Å². The highest BCUT2D eigenvalue weighted by Crippen LogP contribution is 2.27. The van der Waals surface area contributed by atoms with Crippen molar-refractivity contribution in [1.29, 1.82) is 0 Å². The molecule has 18 heavy (non-hydrogen) atoms. The molecule has 5 nitrogen and oxygen atoms in total. The number of nitrogen functional groups attached to an aromatic ring is 1. The van der Waals surface area contributed by atoms with E-state index in [-0.39, 0.29) is 11.7 Å². The van der Waals surface area contributed by atoms with Gasteiger partial charge in [0.05, 0.1) is 18.0 Å². The van der Waals surface area contributed by atoms with Gasteiger partial charge in [-0.3, -0.25) is 4.79 Å². The van der Waals surface area contributed by atoms with Gasteiger partial charge >= 0.3 is 0 Å². The van der Waals surface area contributed by atoms with Crippen molar-refractivity contribution in [1.82, 2.24) is 5.32 Å². The van der Waals surface area contributed by atoms with E-state index in [9.17, 15) is 9.18 Å². The van der Waals surface area contributed by atoms with Crippen LogP contribution in [0.25, 0.3) is 0 Å². The van der Waals surface area contributed by atoms with Crippen molar-refractivity contribution in [3.63, 3.8) is 0 Å². The number of rotatable bonds is 6. The SMILES string of the molecule is CCOc1cc(NCCNC(C)=O)c(N)cc1F. The van der Waals surface area contributed by atoms with Crippen molar-refractivity contribution >= 4 is 17.3 Å². The first-order valence-corrected chi connectivity index (χ1v) is 5.74. The lowest BCUT2D eigenvalue weighted by Gasteiger charge is -2.12. The van der Waals surface area contributed by atoms with Gasteiger partial charge in [-0.2, -0.15) is 0 Å². The molecule has 1 aromatic carbocycles. The number of hydrogen-bond acceptors (Lipinski definition) is 4. The number of halogens is 1. The molecule has 0 unspecified atom stereocenters. The van der Waals surface area contributed by atoms with Gasteiger partial charge in [-0.25, -0.2) is 4.39 Å². The third-order valence-corrected chi connectivity index (χ3v) is 2.22. The summed E-state index contributed by atoms with van der Waals surface area (Å²) in [7, 11) is 0. The number of ether oxygens (including phenoxy) is 1. The van der Waals surface area contributed by atoms with Gasteiger partial charge < -0.3 is 21.1 Å². The van der Waals surface area contributed by atoms with Crippen molar-refractivity contribution < 1.29 is 13.9 Å². The van der Waals surface area contributed by atoms with Crippen molar-refractivity contribution in [2.45, 2.75) is 13.8 Å². The van der Waals surface area contributed by atoms with Crippen LogP contribution >= 0.6 is 0 Å². The second-order valence-electron chi connectivity index (χ2n) is 3.71. The van der Waals surface area contributed by atoms with Crippen LogP contribution in [0.15, 0.2) is 12.1 Å². The first-order valence-electron chi connectivity index (χ1n) is 5.74. The summed E-state index contributed by atoms with van der Waals surface area (Å²) in [6, 6.07) is 2.73. The minimum absolute atomic E-state index is 0.0983. The van der Waals surface area contributed by atoms with Crippen molar-refractivity contribution in [2.75, 3.05) is 30.7 Å². The fraction of sp³-hybridized carbons (Fsp3) is 0.417. The lowest BCUT2D eigenvalue weighted by Crippen LogP contribution is -2.26. The number of carbonyl (C=O) groups excluding carboxylic acids is 1. The molecule has 0 fully saturated rings. The molecule has 4 N–H and O–H groups in total. The zero-order chi connectivity index (χ0) is 13.5. The summed E-state index contributed by atoms with van der Waals surface area (Å²) in [4.78, 5) is 10.7. The highest BCUT2D eigenvalue weighted by Gasteiger charge is 2.08. The van der Waals surface area contributed by atoms with E-state index < -0.39 is 5.82 Å². The molecule has 0 saturated heterocycles. The average molecular weight is 255 g/mol. The Morgan fingerprint density at radius 2 is 2.17 bits per heavy atom. The maximum atomic E-state index is 13.4. The number of hydrogen-bond donors (Lipinski definition) is 3. The highest BCUT2D eigenvalue weighted by molar-refractivity contribution is 5.73. The molecule has 100 valence electrons. The van der Waals surface area contributed by atoms with Crippen molar-refractivity contribution in [3.8, 4) is 5.75 Å². The van der Waals surface area contributed by atoms with E-state index in [0.717, 1.165) is 0 Å². The third kappa shape index (κ3) is 4.12. The van der Waals surface area contributed by atoms with Gasteiger partial charge in [0.2, 0.25) is 5.91 Å². The molecule has 1 aromatic rings. The number of nitrogens with one attached hydrogen (secondary N) is 2. The first-order chi connectivity index (χ1) is 8.54. The zero-order valence-electron chi connectivity index (χ0n) is 10.5. The Morgan fingerprint density at radius 3 is 2.78 bits per heavy atom. The van der Waals surface area contributed by atoms with Gasteiger partial charge in [0.25, 0.3) is 0 Å². The number of nitrogens with two attached hydrogens (primary N) is 1. The lowest BCUT2D eigenvalue weighted by molar-refractivity contribution is -0.118. The van der Waals surface area contributed by atoms with E-state index in [1.54, 1.807) is 6.92 Å². The Hall–Kier alpha value is -1.98. The molecule has 0 bridgehead atoms. The smallest absolute Gasteiger partial charge is 0.216 e. The van der Waals surface area contributed by atoms with Gasteiger partial charge in [-0.1, -0.05) is 0 Å². The largest absolute Gasteiger partial charge is 0.491 e. The summed E-state index contributed by atoms with van der Waals surface area (Å²) in [6.45, 7) is 4.57. The highest BCUT2D eigenvalue weighted by atomic mass is 19.1. The summed E-state index contributed by atoms with van der Waals surface area (Å²) in [5, 5.41) is 5.65. The quantitative estimate of drug-likeness (QED) is 0.530. The van der Waals surface area contributed by atoms with Gasteiger partial charge in [-0.15, -0.1) is 0 Å². The van der Waals surface area contributed by atoms with E-state index >= 15 is 0 Å². The normalized spacial score (nSPS) is 9.94. The molecule has 1 rings (SSSR count). The fourth-order valence-electron chi connectivity index (χ4n) is 1.42. The van der Waals surface area contributed by atoms with Crippen LogP contribution in [0, 0.1) is 5.82 Å². The predicted octanol–water partition coefficient (Wildman–Crippen LogP) is 1.35. The second kappa shape index (κ2) is 6.68. The van der Waals surface area contributed by atoms with Crippen LogP contribution in [0.5, 0.6) is 5.75 Å². The molecule has 0 aliphatic heterocycles. The summed E-state index contributed by atoms with van der Waals surface area (Å²) >= 11 is 0. The van der Waals surface area contributed by atoms with Gasteiger partial charge in [-0.05, 0) is 6.92 Å². The average Bonchev–Trinajstić information content (AvgIpc) is 2.29. The maximum Gasteiger partial charge on any atom is 0.216 e. The number of carbonyl (C=O) groups is 1. The molecular weight excluding hydrogens is 237 g/mol. The second-order valence-corrected chi connectivity index (χ2v) is 3.71. The third-order valence-electron chi connectivity index (χ3n) is 2.22. The minimum Gasteiger partial charge on any atom is -0.491 e. The molecule has 0 spiro atoms. The minimum atomic E-state index is -0.484. The number of benzene rings is 1. The van der Waals surface area contributed by atoms with Crippen LogP contribution in [0.4, 0.5) is 15.8 Å². The number of amides is 1. The van der Waals surface area contributed by atoms with Crippen LogP contribution in [0.1, 0.15) is 13.8 Å². The Bertz CT molecular complexity index is 424. The Morgan fingerprint density at radius 1 is 1.44 bits per heavy atom. The van der Waals surface area contributed by atoms with Gasteiger partial charge in [0.1, 0.15) is 0 Å². The molecule has 0 aliphatic carbocycles. The zero-order valence-corrected chi connectivity index (χ0v) is 10.5. The van der Waals surface area contributed by atoms with E-state index in [0.29, 0.717) is 31.1 Å². The number of anilines is 2. The van der Waals surface area contributed by atoms with Crippen LogP contribution in [-0.4, -0.2) is 25.6 Å². The van der Waals surface area contributed by atoms with E-state index in [4.69, 9.17) is 10.5 Å². The van der Waals surface area contributed by atoms with Crippen molar-refractivity contribution in [2.24, 2.45) is 0 Å². The Kier molecular flexibility index (Phi) is 5.23. The van der Waals surface area contributed by atoms with E-state index in [1.807, 2.05) is 0 Å². The Labute approximate surface area is 106 Å². The van der Waals surface area contributed by atoms with Crippen LogP contribution < -0.4 is 21.1 Å². The molecule has 0 heterocycles. The van der Waals surface area contributed by atoms with E-state index in [2.05, 4.69) is 10.6 Å². The standard InChI is InChI=1S/C12H18FN3O2/c1-3-18-12-7-11(10(14)6-9(12)13)16-5-4-15-8(2)17/h6-7,16H,3-5,14H2,1-2H3,(H,15,17). The van der Waals surface area contributed by atoms with Crippen molar-refractivity contribution in [3.05, 3.63) is 17.9 Å². The first kappa shape index (κ1) is 14.1. The lowest BCUT2D eigenvalue weighted by atomic mass is 10.2. The molecule has 0 atom stereocenters. The molecule has 6 heteroatoms. The summed E-state index contributed by atoms with van der Waals surface area (Å²) in [5.41, 5.74) is 6.58. The fourth-order valence-corrected chi connectivity index (χ4v) is 1.42. The predicted molar refractivity (Wildman–Crippen MR) is 69.2 cm³/mol. The molecule has 1 amide bonds. The topological polar surface area (TPSA) is 76.4 Å². The molecule has 0 saturated carbocycles. The summed E-state index contributed by atoms with van der Waals surface area (Å²) in [5.74, 6) is -0.422.